The molecule has 2 bridgehead atoms. The van der Waals surface area contributed by atoms with Crippen LogP contribution < -0.4 is 0 Å². The van der Waals surface area contributed by atoms with Crippen LogP contribution in [0.15, 0.2) is 30.3 Å². The highest BCUT2D eigenvalue weighted by atomic mass is 16.6. The number of ether oxygens (including phenoxy) is 2. The highest BCUT2D eigenvalue weighted by Gasteiger charge is 2.48. The van der Waals surface area contributed by atoms with E-state index in [1.165, 1.54) is 0 Å². The number of carbonyl (C=O) groups is 2. The van der Waals surface area contributed by atoms with Crippen molar-refractivity contribution in [2.75, 3.05) is 13.1 Å². The van der Waals surface area contributed by atoms with Crippen LogP contribution in [0, 0.1) is 0 Å². The first-order valence-corrected chi connectivity index (χ1v) is 8.30. The molecular formula is C18H24N2O4. The molecule has 3 rings (SSSR count). The van der Waals surface area contributed by atoms with Crippen LogP contribution in [-0.2, 0) is 16.1 Å². The van der Waals surface area contributed by atoms with Crippen molar-refractivity contribution in [3.05, 3.63) is 35.9 Å². The second-order valence-electron chi connectivity index (χ2n) is 7.37. The van der Waals surface area contributed by atoms with Gasteiger partial charge in [0.1, 0.15) is 12.2 Å². The van der Waals surface area contributed by atoms with Crippen molar-refractivity contribution in [2.45, 2.75) is 51.5 Å². The number of benzene rings is 1. The molecule has 2 heterocycles. The topological polar surface area (TPSA) is 59.1 Å². The predicted octanol–water partition coefficient (Wildman–Crippen LogP) is 3.02. The lowest BCUT2D eigenvalue weighted by atomic mass is 10.2. The van der Waals surface area contributed by atoms with Gasteiger partial charge in [-0.1, -0.05) is 30.3 Å². The van der Waals surface area contributed by atoms with Crippen LogP contribution in [0.4, 0.5) is 9.59 Å². The van der Waals surface area contributed by atoms with Crippen molar-refractivity contribution in [1.82, 2.24) is 9.80 Å². The maximum Gasteiger partial charge on any atom is 0.410 e. The average Bonchev–Trinajstić information content (AvgIpc) is 3.12. The molecule has 0 radical (unpaired) electrons. The van der Waals surface area contributed by atoms with Crippen LogP contribution in [0.5, 0.6) is 0 Å². The lowest BCUT2D eigenvalue weighted by Gasteiger charge is -2.34. The molecule has 6 nitrogen and oxygen atoms in total. The molecule has 1 aromatic rings. The maximum atomic E-state index is 12.3. The Morgan fingerprint density at radius 2 is 1.62 bits per heavy atom. The molecule has 6 heteroatoms. The monoisotopic (exact) mass is 332 g/mol. The minimum absolute atomic E-state index is 0.0193. The van der Waals surface area contributed by atoms with Gasteiger partial charge in [0.05, 0.1) is 12.1 Å². The summed E-state index contributed by atoms with van der Waals surface area (Å²) in [5.41, 5.74) is 0.457. The van der Waals surface area contributed by atoms with Crippen molar-refractivity contribution >= 4 is 12.2 Å². The molecule has 2 atom stereocenters. The smallest absolute Gasteiger partial charge is 0.410 e. The summed E-state index contributed by atoms with van der Waals surface area (Å²) in [5.74, 6) is 0. The predicted molar refractivity (Wildman–Crippen MR) is 88.5 cm³/mol. The summed E-state index contributed by atoms with van der Waals surface area (Å²) in [6.45, 7) is 6.85. The Morgan fingerprint density at radius 3 is 2.17 bits per heavy atom. The fraction of sp³-hybridized carbons (Fsp3) is 0.556. The van der Waals surface area contributed by atoms with E-state index in [-0.39, 0.29) is 30.9 Å². The largest absolute Gasteiger partial charge is 0.445 e. The lowest BCUT2D eigenvalue weighted by Crippen LogP contribution is -2.51. The Bertz CT molecular complexity index is 611. The number of rotatable bonds is 2. The third-order valence-corrected chi connectivity index (χ3v) is 4.31. The molecule has 0 aliphatic carbocycles. The van der Waals surface area contributed by atoms with Crippen molar-refractivity contribution in [2.24, 2.45) is 0 Å². The normalized spacial score (nSPS) is 22.6. The second kappa shape index (κ2) is 6.34. The van der Waals surface area contributed by atoms with Crippen LogP contribution in [-0.4, -0.2) is 52.8 Å². The Kier molecular flexibility index (Phi) is 4.39. The van der Waals surface area contributed by atoms with Crippen LogP contribution in [0.25, 0.3) is 0 Å². The minimum atomic E-state index is -0.507. The van der Waals surface area contributed by atoms with Gasteiger partial charge in [-0.05, 0) is 32.8 Å². The van der Waals surface area contributed by atoms with E-state index in [0.717, 1.165) is 12.0 Å². The van der Waals surface area contributed by atoms with Gasteiger partial charge >= 0.3 is 12.2 Å². The van der Waals surface area contributed by atoms with E-state index >= 15 is 0 Å². The van der Waals surface area contributed by atoms with Crippen LogP contribution >= 0.6 is 0 Å². The summed E-state index contributed by atoms with van der Waals surface area (Å²) >= 11 is 0. The van der Waals surface area contributed by atoms with E-state index in [2.05, 4.69) is 0 Å². The number of nitrogens with zero attached hydrogens (tertiary/aromatic N) is 2. The van der Waals surface area contributed by atoms with Gasteiger partial charge in [-0.15, -0.1) is 0 Å². The molecule has 2 unspecified atom stereocenters. The van der Waals surface area contributed by atoms with E-state index in [1.54, 1.807) is 9.80 Å². The van der Waals surface area contributed by atoms with Gasteiger partial charge in [0, 0.05) is 13.1 Å². The van der Waals surface area contributed by atoms with Gasteiger partial charge < -0.3 is 19.3 Å². The van der Waals surface area contributed by atoms with E-state index in [4.69, 9.17) is 9.47 Å². The summed E-state index contributed by atoms with van der Waals surface area (Å²) in [4.78, 5) is 28.0. The highest BCUT2D eigenvalue weighted by molar-refractivity contribution is 5.72. The molecule has 0 N–H and O–H groups in total. The van der Waals surface area contributed by atoms with Crippen LogP contribution in [0.3, 0.4) is 0 Å². The molecule has 1 aromatic carbocycles. The second-order valence-corrected chi connectivity index (χ2v) is 7.37. The molecule has 0 saturated carbocycles. The fourth-order valence-corrected chi connectivity index (χ4v) is 3.24. The van der Waals surface area contributed by atoms with Gasteiger partial charge in [0.2, 0.25) is 0 Å². The number of fused-ring (bicyclic) bond motifs is 2. The number of amides is 2. The van der Waals surface area contributed by atoms with E-state index in [9.17, 15) is 9.59 Å². The maximum absolute atomic E-state index is 12.3. The molecule has 2 aliphatic heterocycles. The number of likely N-dealkylation sites (tertiary alicyclic amines) is 2. The number of hydrogen-bond acceptors (Lipinski definition) is 4. The Labute approximate surface area is 142 Å². The Hall–Kier alpha value is -2.24. The zero-order valence-electron chi connectivity index (χ0n) is 14.4. The van der Waals surface area contributed by atoms with Crippen molar-refractivity contribution in [3.8, 4) is 0 Å². The fourth-order valence-electron chi connectivity index (χ4n) is 3.24. The van der Waals surface area contributed by atoms with Gasteiger partial charge in [0.25, 0.3) is 0 Å². The molecule has 130 valence electrons. The van der Waals surface area contributed by atoms with E-state index in [0.29, 0.717) is 13.1 Å². The number of piperazine rings is 1. The first-order chi connectivity index (χ1) is 11.3. The third kappa shape index (κ3) is 3.63. The molecule has 2 saturated heterocycles. The SMILES string of the molecule is CC(C)(C)OC(=O)N1CC2CC1CN2C(=O)OCc1ccccc1. The zero-order valence-corrected chi connectivity index (χ0v) is 14.4. The quantitative estimate of drug-likeness (QED) is 0.835. The summed E-state index contributed by atoms with van der Waals surface area (Å²) in [6.07, 6.45) is 0.183. The Balaban J connectivity index is 1.51. The summed E-state index contributed by atoms with van der Waals surface area (Å²) in [6, 6.07) is 9.65. The molecule has 2 fully saturated rings. The van der Waals surface area contributed by atoms with Crippen molar-refractivity contribution in [1.29, 1.82) is 0 Å². The van der Waals surface area contributed by atoms with E-state index < -0.39 is 5.60 Å². The lowest BCUT2D eigenvalue weighted by molar-refractivity contribution is 0.0111. The molecule has 0 spiro atoms. The summed E-state index contributed by atoms with van der Waals surface area (Å²) in [7, 11) is 0. The van der Waals surface area contributed by atoms with Crippen LogP contribution in [0.2, 0.25) is 0 Å². The average molecular weight is 332 g/mol. The van der Waals surface area contributed by atoms with Crippen molar-refractivity contribution in [3.63, 3.8) is 0 Å². The van der Waals surface area contributed by atoms with Gasteiger partial charge in [-0.25, -0.2) is 9.59 Å². The number of hydrogen-bond donors (Lipinski definition) is 0. The van der Waals surface area contributed by atoms with E-state index in [1.807, 2.05) is 51.1 Å². The first-order valence-electron chi connectivity index (χ1n) is 8.30. The molecule has 2 amide bonds. The highest BCUT2D eigenvalue weighted by Crippen LogP contribution is 2.32. The van der Waals surface area contributed by atoms with Crippen molar-refractivity contribution < 1.29 is 19.1 Å². The summed E-state index contributed by atoms with van der Waals surface area (Å²) < 4.78 is 10.8. The zero-order chi connectivity index (χ0) is 17.3. The van der Waals surface area contributed by atoms with Gasteiger partial charge in [-0.2, -0.15) is 0 Å². The Morgan fingerprint density at radius 1 is 1.04 bits per heavy atom. The molecule has 2 aliphatic rings. The standard InChI is InChI=1S/C18H24N2O4/c1-18(2,3)24-17(22)20-11-14-9-15(20)10-19(14)16(21)23-12-13-7-5-4-6-8-13/h4-8,14-15H,9-12H2,1-3H3. The summed E-state index contributed by atoms with van der Waals surface area (Å²) in [5, 5.41) is 0. The van der Waals surface area contributed by atoms with Gasteiger partial charge in [0.15, 0.2) is 0 Å². The van der Waals surface area contributed by atoms with Crippen LogP contribution in [0.1, 0.15) is 32.8 Å². The van der Waals surface area contributed by atoms with Gasteiger partial charge in [-0.3, -0.25) is 0 Å². The molecule has 24 heavy (non-hydrogen) atoms. The third-order valence-electron chi connectivity index (χ3n) is 4.31. The first kappa shape index (κ1) is 16.6. The minimum Gasteiger partial charge on any atom is -0.445 e. The number of carbonyl (C=O) groups excluding carboxylic acids is 2. The molecule has 0 aromatic heterocycles. The molecular weight excluding hydrogens is 308 g/mol.